The highest BCUT2D eigenvalue weighted by atomic mass is 35.5. The monoisotopic (exact) mass is 430 g/mol. The molecule has 0 bridgehead atoms. The van der Waals surface area contributed by atoms with Crippen LogP contribution in [0.3, 0.4) is 0 Å². The van der Waals surface area contributed by atoms with Crippen molar-refractivity contribution in [2.75, 3.05) is 33.4 Å². The van der Waals surface area contributed by atoms with Crippen molar-refractivity contribution >= 4 is 27.5 Å². The first-order chi connectivity index (χ1) is 13.4. The third-order valence-corrected chi connectivity index (χ3v) is 6.08. The molecule has 0 saturated carbocycles. The Kier molecular flexibility index (Phi) is 9.24. The third kappa shape index (κ3) is 7.43. The molecule has 1 aromatic carbocycles. The predicted octanol–water partition coefficient (Wildman–Crippen LogP) is 2.65. The van der Waals surface area contributed by atoms with Gasteiger partial charge in [-0.15, -0.1) is 0 Å². The summed E-state index contributed by atoms with van der Waals surface area (Å²) in [5.41, 5.74) is 1.39. The molecule has 0 aromatic heterocycles. The molecule has 156 valence electrons. The van der Waals surface area contributed by atoms with Crippen molar-refractivity contribution in [2.45, 2.75) is 37.0 Å². The lowest BCUT2D eigenvalue weighted by Gasteiger charge is -2.13. The number of carbonyl (C=O) groups excluding carboxylic acids is 1. The fourth-order valence-corrected chi connectivity index (χ4v) is 4.15. The normalized spacial score (nSPS) is 14.4. The number of hydrogen-bond acceptors (Lipinski definition) is 5. The summed E-state index contributed by atoms with van der Waals surface area (Å²) in [6.07, 6.45) is 7.81. The summed E-state index contributed by atoms with van der Waals surface area (Å²) in [5.74, 6) is 0.00746. The van der Waals surface area contributed by atoms with Crippen molar-refractivity contribution in [3.8, 4) is 5.75 Å². The molecule has 7 nitrogen and oxygen atoms in total. The summed E-state index contributed by atoms with van der Waals surface area (Å²) in [5, 5.41) is 2.94. The highest BCUT2D eigenvalue weighted by Gasteiger charge is 2.16. The zero-order valence-corrected chi connectivity index (χ0v) is 17.6. The van der Waals surface area contributed by atoms with E-state index in [0.717, 1.165) is 19.3 Å². The van der Waals surface area contributed by atoms with Crippen LogP contribution in [-0.4, -0.2) is 47.7 Å². The molecule has 0 spiro atoms. The van der Waals surface area contributed by atoms with E-state index in [1.807, 2.05) is 0 Å². The van der Waals surface area contributed by atoms with Crippen LogP contribution in [0.1, 0.15) is 32.1 Å². The van der Waals surface area contributed by atoms with Crippen LogP contribution in [0.25, 0.3) is 0 Å². The van der Waals surface area contributed by atoms with Gasteiger partial charge in [0.15, 0.2) is 6.61 Å². The molecular weight excluding hydrogens is 404 g/mol. The van der Waals surface area contributed by atoms with Crippen molar-refractivity contribution in [2.24, 2.45) is 0 Å². The number of benzene rings is 1. The van der Waals surface area contributed by atoms with E-state index >= 15 is 0 Å². The summed E-state index contributed by atoms with van der Waals surface area (Å²) >= 11 is 6.11. The number of allylic oxidation sites excluding steroid dienone is 1. The van der Waals surface area contributed by atoms with Crippen LogP contribution in [0.4, 0.5) is 0 Å². The second-order valence-electron chi connectivity index (χ2n) is 6.48. The van der Waals surface area contributed by atoms with Crippen LogP contribution in [0.2, 0.25) is 5.02 Å². The molecule has 1 amide bonds. The number of methoxy groups -OCH3 is 1. The topological polar surface area (TPSA) is 93.7 Å². The molecule has 0 fully saturated rings. The van der Waals surface area contributed by atoms with Gasteiger partial charge in [0.2, 0.25) is 10.0 Å². The second-order valence-corrected chi connectivity index (χ2v) is 8.65. The van der Waals surface area contributed by atoms with Crippen LogP contribution >= 0.6 is 11.6 Å². The highest BCUT2D eigenvalue weighted by Crippen LogP contribution is 2.27. The molecule has 2 rings (SSSR count). The number of hydrogen-bond donors (Lipinski definition) is 2. The second kappa shape index (κ2) is 11.4. The standard InChI is InChI=1S/C19H27ClN2O5S/c1-26-12-11-22-28(24,25)16-7-8-18(17(20)13-16)27-14-19(23)21-10-9-15-5-3-2-4-6-15/h5,7-8,13,22H,2-4,6,9-12,14H2,1H3,(H,21,23). The Balaban J connectivity index is 1.80. The van der Waals surface area contributed by atoms with E-state index in [4.69, 9.17) is 21.1 Å². The Morgan fingerprint density at radius 2 is 2.07 bits per heavy atom. The molecule has 1 aromatic rings. The van der Waals surface area contributed by atoms with E-state index in [0.29, 0.717) is 6.54 Å². The quantitative estimate of drug-likeness (QED) is 0.415. The van der Waals surface area contributed by atoms with Gasteiger partial charge in [-0.1, -0.05) is 23.3 Å². The van der Waals surface area contributed by atoms with Crippen molar-refractivity contribution in [1.29, 1.82) is 0 Å². The molecule has 0 unspecified atom stereocenters. The summed E-state index contributed by atoms with van der Waals surface area (Å²) in [6, 6.07) is 4.11. The van der Waals surface area contributed by atoms with Crippen LogP contribution in [0.5, 0.6) is 5.75 Å². The lowest BCUT2D eigenvalue weighted by atomic mass is 9.97. The van der Waals surface area contributed by atoms with Crippen molar-refractivity contribution in [3.05, 3.63) is 34.9 Å². The smallest absolute Gasteiger partial charge is 0.257 e. The van der Waals surface area contributed by atoms with Gasteiger partial charge in [0.25, 0.3) is 5.91 Å². The predicted molar refractivity (Wildman–Crippen MR) is 108 cm³/mol. The van der Waals surface area contributed by atoms with Crippen molar-refractivity contribution < 1.29 is 22.7 Å². The minimum atomic E-state index is -3.68. The zero-order valence-electron chi connectivity index (χ0n) is 16.0. The van der Waals surface area contributed by atoms with E-state index in [1.165, 1.54) is 43.7 Å². The zero-order chi connectivity index (χ0) is 20.4. The molecule has 1 aliphatic carbocycles. The van der Waals surface area contributed by atoms with Gasteiger partial charge >= 0.3 is 0 Å². The molecule has 28 heavy (non-hydrogen) atoms. The van der Waals surface area contributed by atoms with E-state index in [1.54, 1.807) is 0 Å². The maximum Gasteiger partial charge on any atom is 0.257 e. The lowest BCUT2D eigenvalue weighted by molar-refractivity contribution is -0.123. The van der Waals surface area contributed by atoms with Gasteiger partial charge in [0.1, 0.15) is 5.75 Å². The Labute approximate surface area is 171 Å². The van der Waals surface area contributed by atoms with Gasteiger partial charge in [0, 0.05) is 20.2 Å². The fourth-order valence-electron chi connectivity index (χ4n) is 2.82. The summed E-state index contributed by atoms with van der Waals surface area (Å²) < 4.78 is 36.9. The van der Waals surface area contributed by atoms with Gasteiger partial charge in [-0.25, -0.2) is 13.1 Å². The minimum Gasteiger partial charge on any atom is -0.482 e. The maximum atomic E-state index is 12.2. The van der Waals surface area contributed by atoms with E-state index in [2.05, 4.69) is 16.1 Å². The van der Waals surface area contributed by atoms with Gasteiger partial charge in [-0.3, -0.25) is 4.79 Å². The summed E-state index contributed by atoms with van der Waals surface area (Å²) in [7, 11) is -2.19. The number of ether oxygens (including phenoxy) is 2. The van der Waals surface area contributed by atoms with Crippen LogP contribution in [0.15, 0.2) is 34.7 Å². The first-order valence-electron chi connectivity index (χ1n) is 9.28. The molecule has 0 saturated heterocycles. The Bertz CT molecular complexity index is 796. The minimum absolute atomic E-state index is 0.0196. The maximum absolute atomic E-state index is 12.2. The summed E-state index contributed by atoms with van der Waals surface area (Å²) in [4.78, 5) is 11.9. The Morgan fingerprint density at radius 3 is 2.75 bits per heavy atom. The molecule has 0 aliphatic heterocycles. The van der Waals surface area contributed by atoms with E-state index < -0.39 is 10.0 Å². The number of rotatable bonds is 11. The molecule has 2 N–H and O–H groups in total. The molecule has 0 heterocycles. The number of carbonyl (C=O) groups is 1. The van der Waals surface area contributed by atoms with Crippen molar-refractivity contribution in [1.82, 2.24) is 10.0 Å². The number of amides is 1. The van der Waals surface area contributed by atoms with Crippen molar-refractivity contribution in [3.63, 3.8) is 0 Å². The highest BCUT2D eigenvalue weighted by molar-refractivity contribution is 7.89. The summed E-state index contributed by atoms with van der Waals surface area (Å²) in [6.45, 7) is 0.815. The fraction of sp³-hybridized carbons (Fsp3) is 0.526. The average molecular weight is 431 g/mol. The molecule has 1 aliphatic rings. The van der Waals surface area contributed by atoms with E-state index in [9.17, 15) is 13.2 Å². The molecule has 9 heteroatoms. The Hall–Kier alpha value is -1.61. The number of halogens is 1. The SMILES string of the molecule is COCCNS(=O)(=O)c1ccc(OCC(=O)NCCC2=CCCCC2)c(Cl)c1. The number of sulfonamides is 1. The first kappa shape index (κ1) is 22.7. The average Bonchev–Trinajstić information content (AvgIpc) is 2.68. The van der Waals surface area contributed by atoms with Gasteiger partial charge in [-0.05, 0) is 50.3 Å². The largest absolute Gasteiger partial charge is 0.482 e. The first-order valence-corrected chi connectivity index (χ1v) is 11.1. The van der Waals surface area contributed by atoms with Gasteiger partial charge < -0.3 is 14.8 Å². The van der Waals surface area contributed by atoms with Crippen LogP contribution in [0, 0.1) is 0 Å². The number of nitrogens with one attached hydrogen (secondary N) is 2. The molecule has 0 radical (unpaired) electrons. The van der Waals surface area contributed by atoms with Crippen LogP contribution in [-0.2, 0) is 19.6 Å². The third-order valence-electron chi connectivity index (χ3n) is 4.32. The Morgan fingerprint density at radius 1 is 1.25 bits per heavy atom. The lowest BCUT2D eigenvalue weighted by Crippen LogP contribution is -2.30. The van der Waals surface area contributed by atoms with Crippen LogP contribution < -0.4 is 14.8 Å². The van der Waals surface area contributed by atoms with Gasteiger partial charge in [0.05, 0.1) is 16.5 Å². The van der Waals surface area contributed by atoms with E-state index in [-0.39, 0.29) is 41.3 Å². The molecular formula is C19H27ClN2O5S. The molecule has 0 atom stereocenters. The van der Waals surface area contributed by atoms with Gasteiger partial charge in [-0.2, -0.15) is 0 Å².